The summed E-state index contributed by atoms with van der Waals surface area (Å²) in [5.74, 6) is 0.767. The van der Waals surface area contributed by atoms with E-state index in [2.05, 4.69) is 31.2 Å². The van der Waals surface area contributed by atoms with Crippen molar-refractivity contribution in [3.63, 3.8) is 0 Å². The van der Waals surface area contributed by atoms with E-state index < -0.39 is 0 Å². The zero-order chi connectivity index (χ0) is 9.97. The Bertz CT molecular complexity index is 437. The minimum absolute atomic E-state index is 0.598. The highest BCUT2D eigenvalue weighted by atomic mass is 79.9. The van der Waals surface area contributed by atoms with E-state index >= 15 is 0 Å². The molecule has 5 heteroatoms. The summed E-state index contributed by atoms with van der Waals surface area (Å²) in [6.45, 7) is 1.32. The highest BCUT2D eigenvalue weighted by molar-refractivity contribution is 9.10. The fourth-order valence-corrected chi connectivity index (χ4v) is 1.62. The molecule has 1 heterocycles. The Morgan fingerprint density at radius 2 is 2.36 bits per heavy atom. The van der Waals surface area contributed by atoms with Crippen molar-refractivity contribution in [1.82, 2.24) is 9.97 Å². The van der Waals surface area contributed by atoms with Crippen molar-refractivity contribution in [2.24, 2.45) is 5.73 Å². The Labute approximate surface area is 90.0 Å². The second kappa shape index (κ2) is 3.98. The van der Waals surface area contributed by atoms with Gasteiger partial charge in [-0.3, -0.25) is 0 Å². The summed E-state index contributed by atoms with van der Waals surface area (Å²) in [5, 5.41) is 3.10. The Morgan fingerprint density at radius 3 is 3.14 bits per heavy atom. The van der Waals surface area contributed by atoms with Crippen LogP contribution in [0.25, 0.3) is 11.0 Å². The van der Waals surface area contributed by atoms with Gasteiger partial charge < -0.3 is 16.0 Å². The lowest BCUT2D eigenvalue weighted by Crippen LogP contribution is -2.13. The molecule has 0 atom stereocenters. The summed E-state index contributed by atoms with van der Waals surface area (Å²) < 4.78 is 1.04. The second-order valence-electron chi connectivity index (χ2n) is 2.96. The van der Waals surface area contributed by atoms with E-state index in [1.165, 1.54) is 0 Å². The van der Waals surface area contributed by atoms with Gasteiger partial charge in [0.1, 0.15) is 0 Å². The van der Waals surface area contributed by atoms with Crippen molar-refractivity contribution < 1.29 is 0 Å². The van der Waals surface area contributed by atoms with Crippen molar-refractivity contribution in [3.8, 4) is 0 Å². The average molecular weight is 255 g/mol. The van der Waals surface area contributed by atoms with E-state index in [0.29, 0.717) is 6.54 Å². The van der Waals surface area contributed by atoms with Gasteiger partial charge in [-0.25, -0.2) is 4.98 Å². The predicted molar refractivity (Wildman–Crippen MR) is 61.3 cm³/mol. The molecule has 2 rings (SSSR count). The Morgan fingerprint density at radius 1 is 1.50 bits per heavy atom. The Kier molecular flexibility index (Phi) is 2.69. The molecule has 1 aromatic heterocycles. The molecule has 0 fully saturated rings. The molecule has 0 saturated carbocycles. The zero-order valence-corrected chi connectivity index (χ0v) is 9.13. The first-order valence-corrected chi connectivity index (χ1v) is 5.18. The van der Waals surface area contributed by atoms with Crippen molar-refractivity contribution in [1.29, 1.82) is 0 Å². The van der Waals surface area contributed by atoms with E-state index in [0.717, 1.165) is 28.0 Å². The third kappa shape index (κ3) is 1.88. The number of aromatic amines is 1. The van der Waals surface area contributed by atoms with Gasteiger partial charge in [0, 0.05) is 17.6 Å². The van der Waals surface area contributed by atoms with E-state index in [9.17, 15) is 0 Å². The van der Waals surface area contributed by atoms with Gasteiger partial charge in [-0.1, -0.05) is 15.9 Å². The van der Waals surface area contributed by atoms with Gasteiger partial charge in [0.05, 0.1) is 11.0 Å². The molecule has 0 amide bonds. The van der Waals surface area contributed by atoms with Crippen LogP contribution in [0.15, 0.2) is 22.7 Å². The Hall–Kier alpha value is -1.07. The molecule has 1 aromatic carbocycles. The number of anilines is 1. The maximum atomic E-state index is 5.38. The number of fused-ring (bicyclic) bond motifs is 1. The van der Waals surface area contributed by atoms with Gasteiger partial charge in [0.2, 0.25) is 5.95 Å². The van der Waals surface area contributed by atoms with Crippen LogP contribution in [-0.4, -0.2) is 23.1 Å². The molecule has 0 spiro atoms. The largest absolute Gasteiger partial charge is 0.355 e. The van der Waals surface area contributed by atoms with Crippen LogP contribution in [0.1, 0.15) is 0 Å². The second-order valence-corrected chi connectivity index (χ2v) is 3.88. The van der Waals surface area contributed by atoms with Crippen molar-refractivity contribution in [3.05, 3.63) is 22.7 Å². The molecule has 0 aliphatic carbocycles. The SMILES string of the molecule is NCCNc1nc2ccc(Br)cc2[nH]1. The molecule has 0 unspecified atom stereocenters. The number of hydrogen-bond acceptors (Lipinski definition) is 3. The Balaban J connectivity index is 2.32. The molecule has 0 bridgehead atoms. The maximum absolute atomic E-state index is 5.38. The van der Waals surface area contributed by atoms with Gasteiger partial charge in [-0.2, -0.15) is 0 Å². The summed E-state index contributed by atoms with van der Waals surface area (Å²) in [7, 11) is 0. The highest BCUT2D eigenvalue weighted by Gasteiger charge is 2.01. The number of nitrogens with two attached hydrogens (primary N) is 1. The summed E-state index contributed by atoms with van der Waals surface area (Å²) in [6, 6.07) is 5.93. The first kappa shape index (κ1) is 9.48. The smallest absolute Gasteiger partial charge is 0.201 e. The topological polar surface area (TPSA) is 66.7 Å². The van der Waals surface area contributed by atoms with E-state index in [1.54, 1.807) is 0 Å². The lowest BCUT2D eigenvalue weighted by molar-refractivity contribution is 1.00. The number of H-pyrrole nitrogens is 1. The normalized spacial score (nSPS) is 10.7. The van der Waals surface area contributed by atoms with Crippen LogP contribution in [0.2, 0.25) is 0 Å². The quantitative estimate of drug-likeness (QED) is 0.781. The first-order valence-electron chi connectivity index (χ1n) is 4.39. The lowest BCUT2D eigenvalue weighted by atomic mass is 10.3. The lowest BCUT2D eigenvalue weighted by Gasteiger charge is -1.96. The molecule has 0 aliphatic heterocycles. The van der Waals surface area contributed by atoms with E-state index in [-0.39, 0.29) is 0 Å². The van der Waals surface area contributed by atoms with Crippen LogP contribution in [0.4, 0.5) is 5.95 Å². The number of aromatic nitrogens is 2. The highest BCUT2D eigenvalue weighted by Crippen LogP contribution is 2.19. The number of benzene rings is 1. The molecule has 2 aromatic rings. The number of imidazole rings is 1. The molecule has 0 aliphatic rings. The fraction of sp³-hybridized carbons (Fsp3) is 0.222. The maximum Gasteiger partial charge on any atom is 0.201 e. The van der Waals surface area contributed by atoms with Crippen LogP contribution in [0, 0.1) is 0 Å². The summed E-state index contributed by atoms with van der Waals surface area (Å²) in [4.78, 5) is 7.51. The minimum Gasteiger partial charge on any atom is -0.355 e. The number of nitrogens with one attached hydrogen (secondary N) is 2. The van der Waals surface area contributed by atoms with Gasteiger partial charge >= 0.3 is 0 Å². The summed E-state index contributed by atoms with van der Waals surface area (Å²) in [5.41, 5.74) is 7.35. The third-order valence-electron chi connectivity index (χ3n) is 1.88. The number of rotatable bonds is 3. The summed E-state index contributed by atoms with van der Waals surface area (Å²) >= 11 is 3.41. The molecule has 74 valence electrons. The zero-order valence-electron chi connectivity index (χ0n) is 7.55. The number of nitrogens with zero attached hydrogens (tertiary/aromatic N) is 1. The van der Waals surface area contributed by atoms with Gasteiger partial charge in [-0.15, -0.1) is 0 Å². The number of halogens is 1. The van der Waals surface area contributed by atoms with E-state index in [1.807, 2.05) is 18.2 Å². The number of hydrogen-bond donors (Lipinski definition) is 3. The van der Waals surface area contributed by atoms with Crippen LogP contribution in [-0.2, 0) is 0 Å². The molecule has 4 nitrogen and oxygen atoms in total. The van der Waals surface area contributed by atoms with Crippen molar-refractivity contribution >= 4 is 32.9 Å². The monoisotopic (exact) mass is 254 g/mol. The average Bonchev–Trinajstić information content (AvgIpc) is 2.56. The fourth-order valence-electron chi connectivity index (χ4n) is 1.26. The third-order valence-corrected chi connectivity index (χ3v) is 2.37. The molecular formula is C9H11BrN4. The van der Waals surface area contributed by atoms with Crippen LogP contribution >= 0.6 is 15.9 Å². The molecular weight excluding hydrogens is 244 g/mol. The summed E-state index contributed by atoms with van der Waals surface area (Å²) in [6.07, 6.45) is 0. The first-order chi connectivity index (χ1) is 6.79. The van der Waals surface area contributed by atoms with Crippen molar-refractivity contribution in [2.75, 3.05) is 18.4 Å². The van der Waals surface area contributed by atoms with Crippen LogP contribution in [0.3, 0.4) is 0 Å². The van der Waals surface area contributed by atoms with Gasteiger partial charge in [-0.05, 0) is 18.2 Å². The van der Waals surface area contributed by atoms with Gasteiger partial charge in [0.25, 0.3) is 0 Å². The molecule has 14 heavy (non-hydrogen) atoms. The molecule has 0 radical (unpaired) electrons. The molecule has 0 saturated heterocycles. The van der Waals surface area contributed by atoms with Crippen LogP contribution in [0.5, 0.6) is 0 Å². The predicted octanol–water partition coefficient (Wildman–Crippen LogP) is 1.70. The van der Waals surface area contributed by atoms with Gasteiger partial charge in [0.15, 0.2) is 0 Å². The van der Waals surface area contributed by atoms with Crippen molar-refractivity contribution in [2.45, 2.75) is 0 Å². The van der Waals surface area contributed by atoms with Crippen LogP contribution < -0.4 is 11.1 Å². The van der Waals surface area contributed by atoms with E-state index in [4.69, 9.17) is 5.73 Å². The standard InChI is InChI=1S/C9H11BrN4/c10-6-1-2-7-8(5-6)14-9(13-7)12-4-3-11/h1-2,5H,3-4,11H2,(H2,12,13,14). The minimum atomic E-state index is 0.598. The molecule has 4 N–H and O–H groups in total.